The zero-order chi connectivity index (χ0) is 21.2. The number of carbonyl (C=O) groups excluding carboxylic acids is 2. The number of nitrogens with zero attached hydrogens (tertiary/aromatic N) is 1. The number of ether oxygens (including phenoxy) is 2. The Bertz CT molecular complexity index is 793. The van der Waals surface area contributed by atoms with E-state index in [0.29, 0.717) is 36.8 Å². The lowest BCUT2D eigenvalue weighted by atomic mass is 10.1. The molecule has 0 radical (unpaired) electrons. The van der Waals surface area contributed by atoms with Crippen molar-refractivity contribution in [3.8, 4) is 11.5 Å². The number of rotatable bonds is 11. The van der Waals surface area contributed by atoms with Gasteiger partial charge in [0.15, 0.2) is 11.5 Å². The smallest absolute Gasteiger partial charge is 0.251 e. The first-order chi connectivity index (χ1) is 14.0. The van der Waals surface area contributed by atoms with Crippen LogP contribution in [0.4, 0.5) is 0 Å². The largest absolute Gasteiger partial charge is 0.490 e. The Morgan fingerprint density at radius 3 is 2.41 bits per heavy atom. The number of benzene rings is 1. The molecular formula is C21H29N3O4S. The van der Waals surface area contributed by atoms with Gasteiger partial charge in [0.05, 0.1) is 25.8 Å². The lowest BCUT2D eigenvalue weighted by Gasteiger charge is -2.24. The van der Waals surface area contributed by atoms with Gasteiger partial charge in [-0.3, -0.25) is 9.59 Å². The van der Waals surface area contributed by atoms with Crippen molar-refractivity contribution in [3.05, 3.63) is 46.2 Å². The Kier molecular flexibility index (Phi) is 8.95. The summed E-state index contributed by atoms with van der Waals surface area (Å²) < 4.78 is 11.0. The summed E-state index contributed by atoms with van der Waals surface area (Å²) in [4.78, 5) is 26.7. The Labute approximate surface area is 176 Å². The number of hydrogen-bond acceptors (Lipinski definition) is 6. The third kappa shape index (κ3) is 6.76. The van der Waals surface area contributed by atoms with Crippen LogP contribution >= 0.6 is 11.3 Å². The molecule has 1 atom stereocenters. The summed E-state index contributed by atoms with van der Waals surface area (Å²) >= 11 is 1.62. The zero-order valence-electron chi connectivity index (χ0n) is 17.4. The summed E-state index contributed by atoms with van der Waals surface area (Å²) in [5.41, 5.74) is 1.57. The molecule has 8 heteroatoms. The second kappa shape index (κ2) is 11.4. The van der Waals surface area contributed by atoms with Crippen molar-refractivity contribution in [1.82, 2.24) is 15.5 Å². The van der Waals surface area contributed by atoms with Gasteiger partial charge in [-0.15, -0.1) is 0 Å². The predicted molar refractivity (Wildman–Crippen MR) is 115 cm³/mol. The summed E-state index contributed by atoms with van der Waals surface area (Å²) in [5.74, 6) is 0.519. The van der Waals surface area contributed by atoms with Gasteiger partial charge in [-0.1, -0.05) is 0 Å². The molecule has 2 aromatic rings. The van der Waals surface area contributed by atoms with Crippen molar-refractivity contribution in [2.75, 3.05) is 40.4 Å². The maximum absolute atomic E-state index is 12.4. The van der Waals surface area contributed by atoms with Gasteiger partial charge >= 0.3 is 0 Å². The second-order valence-corrected chi connectivity index (χ2v) is 7.33. The number of thiophene rings is 1. The van der Waals surface area contributed by atoms with E-state index in [1.165, 1.54) is 0 Å². The number of likely N-dealkylation sites (N-methyl/N-ethyl adjacent to an activating group) is 1. The predicted octanol–water partition coefficient (Wildman–Crippen LogP) is 2.69. The summed E-state index contributed by atoms with van der Waals surface area (Å²) in [6, 6.07) is 7.11. The molecule has 158 valence electrons. The summed E-state index contributed by atoms with van der Waals surface area (Å²) in [7, 11) is 3.94. The second-order valence-electron chi connectivity index (χ2n) is 6.55. The van der Waals surface area contributed by atoms with E-state index in [1.807, 2.05) is 39.4 Å². The van der Waals surface area contributed by atoms with Crippen molar-refractivity contribution in [2.24, 2.45) is 0 Å². The number of hydrogen-bond donors (Lipinski definition) is 2. The fourth-order valence-electron chi connectivity index (χ4n) is 2.79. The van der Waals surface area contributed by atoms with E-state index in [-0.39, 0.29) is 24.4 Å². The molecule has 2 N–H and O–H groups in total. The molecule has 0 aliphatic heterocycles. The van der Waals surface area contributed by atoms with Crippen molar-refractivity contribution >= 4 is 23.2 Å². The molecule has 0 aliphatic rings. The van der Waals surface area contributed by atoms with Crippen molar-refractivity contribution < 1.29 is 19.1 Å². The lowest BCUT2D eigenvalue weighted by Crippen LogP contribution is -2.40. The fourth-order valence-corrected chi connectivity index (χ4v) is 3.50. The van der Waals surface area contributed by atoms with E-state index in [9.17, 15) is 9.59 Å². The van der Waals surface area contributed by atoms with Crippen LogP contribution in [0.3, 0.4) is 0 Å². The first-order valence-electron chi connectivity index (χ1n) is 9.59. The molecular weight excluding hydrogens is 390 g/mol. The van der Waals surface area contributed by atoms with Crippen LogP contribution in [0, 0.1) is 0 Å². The Morgan fingerprint density at radius 1 is 1.07 bits per heavy atom. The fraction of sp³-hybridized carbons (Fsp3) is 0.429. The first kappa shape index (κ1) is 22.7. The van der Waals surface area contributed by atoms with Gasteiger partial charge in [0.1, 0.15) is 0 Å². The van der Waals surface area contributed by atoms with Crippen molar-refractivity contribution in [3.63, 3.8) is 0 Å². The molecule has 2 rings (SSSR count). The molecule has 0 saturated heterocycles. The van der Waals surface area contributed by atoms with Crippen LogP contribution in [-0.2, 0) is 4.79 Å². The third-order valence-electron chi connectivity index (χ3n) is 4.26. The normalized spacial score (nSPS) is 11.8. The van der Waals surface area contributed by atoms with Crippen LogP contribution in [0.5, 0.6) is 11.5 Å². The number of carbonyl (C=O) groups is 2. The van der Waals surface area contributed by atoms with Crippen LogP contribution in [-0.4, -0.2) is 57.1 Å². The van der Waals surface area contributed by atoms with E-state index in [1.54, 1.807) is 29.5 Å². The Balaban J connectivity index is 1.89. The van der Waals surface area contributed by atoms with Crippen LogP contribution in [0.1, 0.15) is 35.8 Å². The van der Waals surface area contributed by atoms with Gasteiger partial charge in [-0.25, -0.2) is 0 Å². The zero-order valence-corrected chi connectivity index (χ0v) is 18.2. The van der Waals surface area contributed by atoms with E-state index in [2.05, 4.69) is 20.9 Å². The molecule has 0 saturated carbocycles. The van der Waals surface area contributed by atoms with Crippen molar-refractivity contribution in [2.45, 2.75) is 19.9 Å². The van der Waals surface area contributed by atoms with Crippen LogP contribution < -0.4 is 20.1 Å². The van der Waals surface area contributed by atoms with Crippen LogP contribution in [0.2, 0.25) is 0 Å². The topological polar surface area (TPSA) is 79.9 Å². The quantitative estimate of drug-likeness (QED) is 0.585. The van der Waals surface area contributed by atoms with E-state index < -0.39 is 0 Å². The SMILES string of the molecule is CCOc1ccc(C(=O)NCC(=O)NCC(c2ccsc2)N(C)C)cc1OCC. The monoisotopic (exact) mass is 419 g/mol. The van der Waals surface area contributed by atoms with E-state index in [0.717, 1.165) is 5.56 Å². The highest BCUT2D eigenvalue weighted by molar-refractivity contribution is 7.07. The highest BCUT2D eigenvalue weighted by Gasteiger charge is 2.16. The van der Waals surface area contributed by atoms with Gasteiger partial charge in [0, 0.05) is 12.1 Å². The molecule has 0 bridgehead atoms. The highest BCUT2D eigenvalue weighted by Crippen LogP contribution is 2.28. The molecule has 29 heavy (non-hydrogen) atoms. The van der Waals surface area contributed by atoms with Gasteiger partial charge in [0.2, 0.25) is 5.91 Å². The lowest BCUT2D eigenvalue weighted by molar-refractivity contribution is -0.120. The Morgan fingerprint density at radius 2 is 1.79 bits per heavy atom. The molecule has 0 spiro atoms. The summed E-state index contributed by atoms with van der Waals surface area (Å²) in [6.45, 7) is 5.09. The highest BCUT2D eigenvalue weighted by atomic mass is 32.1. The minimum absolute atomic E-state index is 0.0840. The molecule has 0 fully saturated rings. The van der Waals surface area contributed by atoms with Gasteiger partial charge in [-0.05, 0) is 68.5 Å². The maximum Gasteiger partial charge on any atom is 0.251 e. The van der Waals surface area contributed by atoms with Crippen LogP contribution in [0.25, 0.3) is 0 Å². The van der Waals surface area contributed by atoms with Gasteiger partial charge in [-0.2, -0.15) is 11.3 Å². The first-order valence-corrected chi connectivity index (χ1v) is 10.5. The Hall–Kier alpha value is -2.58. The summed E-state index contributed by atoms with van der Waals surface area (Å²) in [5, 5.41) is 9.61. The molecule has 1 unspecified atom stereocenters. The minimum Gasteiger partial charge on any atom is -0.490 e. The average molecular weight is 420 g/mol. The number of amides is 2. The van der Waals surface area contributed by atoms with Crippen LogP contribution in [0.15, 0.2) is 35.0 Å². The molecule has 1 aromatic heterocycles. The molecule has 0 aliphatic carbocycles. The molecule has 1 aromatic carbocycles. The summed E-state index contributed by atoms with van der Waals surface area (Å²) in [6.07, 6.45) is 0. The maximum atomic E-state index is 12.4. The molecule has 2 amide bonds. The third-order valence-corrected chi connectivity index (χ3v) is 4.96. The standard InChI is InChI=1S/C21H29N3O4S/c1-5-27-18-8-7-15(11-19(18)28-6-2)21(26)23-13-20(25)22-12-17(24(3)4)16-9-10-29-14-16/h7-11,14,17H,5-6,12-13H2,1-4H3,(H,22,25)(H,23,26). The number of nitrogens with one attached hydrogen (secondary N) is 2. The van der Waals surface area contributed by atoms with Gasteiger partial charge < -0.3 is 25.0 Å². The average Bonchev–Trinajstić information content (AvgIpc) is 3.22. The minimum atomic E-state index is -0.342. The molecule has 1 heterocycles. The van der Waals surface area contributed by atoms with E-state index in [4.69, 9.17) is 9.47 Å². The molecule has 7 nitrogen and oxygen atoms in total. The van der Waals surface area contributed by atoms with Crippen molar-refractivity contribution in [1.29, 1.82) is 0 Å². The van der Waals surface area contributed by atoms with E-state index >= 15 is 0 Å². The van der Waals surface area contributed by atoms with Gasteiger partial charge in [0.25, 0.3) is 5.91 Å².